The summed E-state index contributed by atoms with van der Waals surface area (Å²) < 4.78 is 0. The summed E-state index contributed by atoms with van der Waals surface area (Å²) in [5, 5.41) is 11.9. The van der Waals surface area contributed by atoms with Crippen molar-refractivity contribution >= 4 is 29.5 Å². The minimum absolute atomic E-state index is 0.0150. The molecule has 0 radical (unpaired) electrons. The lowest BCUT2D eigenvalue weighted by atomic mass is 9.85. The van der Waals surface area contributed by atoms with Crippen LogP contribution < -0.4 is 5.32 Å². The van der Waals surface area contributed by atoms with Gasteiger partial charge in [-0.25, -0.2) is 4.79 Å². The second-order valence-corrected chi connectivity index (χ2v) is 5.04. The topological polar surface area (TPSA) is 86.7 Å². The molecule has 7 heteroatoms. The van der Waals surface area contributed by atoms with Gasteiger partial charge in [-0.1, -0.05) is 23.7 Å². The number of imide groups is 1. The van der Waals surface area contributed by atoms with Crippen molar-refractivity contribution in [3.8, 4) is 0 Å². The van der Waals surface area contributed by atoms with E-state index in [2.05, 4.69) is 5.32 Å². The van der Waals surface area contributed by atoms with Crippen molar-refractivity contribution in [3.63, 3.8) is 0 Å². The molecule has 1 aliphatic heterocycles. The first kappa shape index (κ1) is 14.3. The molecule has 2 rings (SSSR count). The van der Waals surface area contributed by atoms with Gasteiger partial charge in [0.1, 0.15) is 5.54 Å². The fourth-order valence-electron chi connectivity index (χ4n) is 2.24. The molecular formula is C13H13ClN2O4. The second-order valence-electron chi connectivity index (χ2n) is 4.60. The van der Waals surface area contributed by atoms with Crippen LogP contribution in [0.3, 0.4) is 0 Å². The number of aliphatic carboxylic acids is 1. The van der Waals surface area contributed by atoms with Crippen molar-refractivity contribution in [1.82, 2.24) is 10.2 Å². The maximum Gasteiger partial charge on any atom is 0.325 e. The number of hydrogen-bond donors (Lipinski definition) is 2. The van der Waals surface area contributed by atoms with E-state index in [9.17, 15) is 14.4 Å². The van der Waals surface area contributed by atoms with Crippen LogP contribution in [0.15, 0.2) is 24.3 Å². The molecule has 1 heterocycles. The number of hydrogen-bond acceptors (Lipinski definition) is 3. The van der Waals surface area contributed by atoms with Gasteiger partial charge in [-0.3, -0.25) is 14.5 Å². The van der Waals surface area contributed by atoms with Gasteiger partial charge in [-0.15, -0.1) is 0 Å². The summed E-state index contributed by atoms with van der Waals surface area (Å²) in [6.07, 6.45) is -0.249. The van der Waals surface area contributed by atoms with Gasteiger partial charge in [-0.2, -0.15) is 0 Å². The first-order chi connectivity index (χ1) is 9.36. The third-order valence-corrected chi connectivity index (χ3v) is 3.60. The molecule has 6 nitrogen and oxygen atoms in total. The number of carboxylic acids is 1. The number of nitrogens with zero attached hydrogens (tertiary/aromatic N) is 1. The quantitative estimate of drug-likeness (QED) is 0.826. The van der Waals surface area contributed by atoms with Gasteiger partial charge >= 0.3 is 12.0 Å². The minimum atomic E-state index is -1.34. The van der Waals surface area contributed by atoms with Crippen molar-refractivity contribution in [2.75, 3.05) is 7.05 Å². The van der Waals surface area contributed by atoms with Crippen LogP contribution in [-0.4, -0.2) is 35.0 Å². The van der Waals surface area contributed by atoms with Gasteiger partial charge in [0.25, 0.3) is 5.91 Å². The summed E-state index contributed by atoms with van der Waals surface area (Å²) >= 11 is 5.81. The predicted octanol–water partition coefficient (Wildman–Crippen LogP) is 1.58. The first-order valence-electron chi connectivity index (χ1n) is 5.95. The van der Waals surface area contributed by atoms with Crippen molar-refractivity contribution < 1.29 is 19.5 Å². The van der Waals surface area contributed by atoms with E-state index in [1.54, 1.807) is 24.3 Å². The molecule has 106 valence electrons. The fraction of sp³-hybridized carbons (Fsp3) is 0.308. The summed E-state index contributed by atoms with van der Waals surface area (Å²) in [5.74, 6) is -1.50. The van der Waals surface area contributed by atoms with E-state index < -0.39 is 23.4 Å². The molecule has 2 N–H and O–H groups in total. The molecule has 1 unspecified atom stereocenters. The van der Waals surface area contributed by atoms with Gasteiger partial charge in [-0.05, 0) is 24.1 Å². The highest BCUT2D eigenvalue weighted by atomic mass is 35.5. The Bertz CT molecular complexity index is 572. The normalized spacial score (nSPS) is 22.0. The average molecular weight is 297 g/mol. The molecule has 0 aliphatic carbocycles. The zero-order chi connectivity index (χ0) is 14.9. The van der Waals surface area contributed by atoms with E-state index in [4.69, 9.17) is 16.7 Å². The Kier molecular flexibility index (Phi) is 3.67. The zero-order valence-electron chi connectivity index (χ0n) is 10.7. The number of benzene rings is 1. The largest absolute Gasteiger partial charge is 0.481 e. The van der Waals surface area contributed by atoms with Crippen molar-refractivity contribution in [2.24, 2.45) is 0 Å². The molecule has 1 aliphatic rings. The fourth-order valence-corrected chi connectivity index (χ4v) is 2.36. The summed E-state index contributed by atoms with van der Waals surface area (Å²) in [5.41, 5.74) is -0.819. The summed E-state index contributed by atoms with van der Waals surface area (Å²) in [4.78, 5) is 35.8. The van der Waals surface area contributed by atoms with E-state index in [0.29, 0.717) is 10.6 Å². The van der Waals surface area contributed by atoms with Crippen molar-refractivity contribution in [2.45, 2.75) is 18.4 Å². The highest BCUT2D eigenvalue weighted by molar-refractivity contribution is 6.30. The molecule has 0 spiro atoms. The number of urea groups is 1. The molecule has 20 heavy (non-hydrogen) atoms. The van der Waals surface area contributed by atoms with Crippen LogP contribution in [0.25, 0.3) is 0 Å². The molecule has 1 fully saturated rings. The number of carbonyl (C=O) groups is 3. The number of amides is 3. The standard InChI is InChI=1S/C13H13ClN2O4/c1-16-11(19)13(15-12(16)20,7-6-10(17)18)8-2-4-9(14)5-3-8/h2-5H,6-7H2,1H3,(H,15,20)(H,17,18). The number of carbonyl (C=O) groups excluding carboxylic acids is 2. The van der Waals surface area contributed by atoms with Crippen LogP contribution in [0.2, 0.25) is 5.02 Å². The Balaban J connectivity index is 2.44. The van der Waals surface area contributed by atoms with Crippen molar-refractivity contribution in [3.05, 3.63) is 34.9 Å². The lowest BCUT2D eigenvalue weighted by Crippen LogP contribution is -2.44. The Morgan fingerprint density at radius 3 is 2.40 bits per heavy atom. The Labute approximate surface area is 120 Å². The van der Waals surface area contributed by atoms with E-state index in [1.165, 1.54) is 7.05 Å². The van der Waals surface area contributed by atoms with Crippen LogP contribution in [0.1, 0.15) is 18.4 Å². The average Bonchev–Trinajstić information content (AvgIpc) is 2.63. The summed E-state index contributed by atoms with van der Waals surface area (Å²) in [6, 6.07) is 5.87. The van der Waals surface area contributed by atoms with E-state index in [0.717, 1.165) is 4.90 Å². The third kappa shape index (κ3) is 2.34. The number of carboxylic acid groups (broad SMARTS) is 1. The molecule has 1 atom stereocenters. The SMILES string of the molecule is CN1C(=O)NC(CCC(=O)O)(c2ccc(Cl)cc2)C1=O. The second kappa shape index (κ2) is 5.13. The number of halogens is 1. The monoisotopic (exact) mass is 296 g/mol. The van der Waals surface area contributed by atoms with Gasteiger partial charge < -0.3 is 10.4 Å². The molecule has 0 bridgehead atoms. The van der Waals surface area contributed by atoms with Gasteiger partial charge in [0.15, 0.2) is 0 Å². The predicted molar refractivity (Wildman–Crippen MR) is 71.3 cm³/mol. The van der Waals surface area contributed by atoms with Gasteiger partial charge in [0, 0.05) is 18.5 Å². The first-order valence-corrected chi connectivity index (χ1v) is 6.33. The molecular weight excluding hydrogens is 284 g/mol. The maximum atomic E-state index is 12.4. The Hall–Kier alpha value is -2.08. The number of likely N-dealkylation sites (N-methyl/N-ethyl adjacent to an activating group) is 1. The Morgan fingerprint density at radius 1 is 1.35 bits per heavy atom. The lowest BCUT2D eigenvalue weighted by molar-refractivity contribution is -0.138. The van der Waals surface area contributed by atoms with Crippen molar-refractivity contribution in [1.29, 1.82) is 0 Å². The summed E-state index contributed by atoms with van der Waals surface area (Å²) in [7, 11) is 1.36. The van der Waals surface area contributed by atoms with E-state index in [1.807, 2.05) is 0 Å². The molecule has 0 saturated carbocycles. The van der Waals surface area contributed by atoms with E-state index in [-0.39, 0.29) is 12.8 Å². The third-order valence-electron chi connectivity index (χ3n) is 3.35. The van der Waals surface area contributed by atoms with E-state index >= 15 is 0 Å². The van der Waals surface area contributed by atoms with Crippen LogP contribution >= 0.6 is 11.6 Å². The van der Waals surface area contributed by atoms with Crippen LogP contribution in [0, 0.1) is 0 Å². The summed E-state index contributed by atoms with van der Waals surface area (Å²) in [6.45, 7) is 0. The smallest absolute Gasteiger partial charge is 0.325 e. The molecule has 1 aromatic carbocycles. The van der Waals surface area contributed by atoms with Crippen LogP contribution in [-0.2, 0) is 15.1 Å². The Morgan fingerprint density at radius 2 is 1.95 bits per heavy atom. The molecule has 1 aromatic rings. The van der Waals surface area contributed by atoms with Gasteiger partial charge in [0.05, 0.1) is 0 Å². The lowest BCUT2D eigenvalue weighted by Gasteiger charge is -2.26. The molecule has 0 aromatic heterocycles. The highest BCUT2D eigenvalue weighted by Crippen LogP contribution is 2.33. The number of rotatable bonds is 4. The molecule has 3 amide bonds. The zero-order valence-corrected chi connectivity index (χ0v) is 11.5. The minimum Gasteiger partial charge on any atom is -0.481 e. The highest BCUT2D eigenvalue weighted by Gasteiger charge is 2.50. The maximum absolute atomic E-state index is 12.4. The molecule has 1 saturated heterocycles. The number of nitrogens with one attached hydrogen (secondary N) is 1. The van der Waals surface area contributed by atoms with Crippen LogP contribution in [0.4, 0.5) is 4.79 Å². The van der Waals surface area contributed by atoms with Gasteiger partial charge in [0.2, 0.25) is 0 Å². The van der Waals surface area contributed by atoms with Crippen LogP contribution in [0.5, 0.6) is 0 Å².